The zero-order valence-electron chi connectivity index (χ0n) is 11.7. The van der Waals surface area contributed by atoms with Crippen molar-refractivity contribution in [1.29, 1.82) is 0 Å². The topological polar surface area (TPSA) is 44.4 Å². The van der Waals surface area contributed by atoms with Crippen LogP contribution in [0.4, 0.5) is 18.0 Å². The van der Waals surface area contributed by atoms with E-state index >= 15 is 0 Å². The van der Waals surface area contributed by atoms with Crippen molar-refractivity contribution >= 4 is 6.03 Å². The monoisotopic (exact) mass is 293 g/mol. The van der Waals surface area contributed by atoms with Crippen LogP contribution in [0, 0.1) is 0 Å². The molecule has 1 aliphatic heterocycles. The number of urea groups is 1. The lowest BCUT2D eigenvalue weighted by Gasteiger charge is -2.20. The van der Waals surface area contributed by atoms with E-state index in [9.17, 15) is 18.0 Å². The second-order valence-corrected chi connectivity index (χ2v) is 5.08. The van der Waals surface area contributed by atoms with Crippen molar-refractivity contribution in [2.24, 2.45) is 0 Å². The average Bonchev–Trinajstić information content (AvgIpc) is 2.73. The molecule has 0 saturated carbocycles. The summed E-state index contributed by atoms with van der Waals surface area (Å²) in [6, 6.07) is -0.531. The summed E-state index contributed by atoms with van der Waals surface area (Å²) in [6.07, 6.45) is -0.454. The van der Waals surface area contributed by atoms with Gasteiger partial charge in [-0.15, -0.1) is 6.58 Å². The summed E-state index contributed by atoms with van der Waals surface area (Å²) in [4.78, 5) is 13.0. The van der Waals surface area contributed by atoms with Crippen LogP contribution in [-0.2, 0) is 0 Å². The number of amides is 2. The molecule has 0 unspecified atom stereocenters. The van der Waals surface area contributed by atoms with E-state index in [-0.39, 0.29) is 24.7 Å². The van der Waals surface area contributed by atoms with E-state index in [1.165, 1.54) is 4.90 Å². The molecule has 20 heavy (non-hydrogen) atoms. The highest BCUT2D eigenvalue weighted by atomic mass is 19.4. The number of halogens is 3. The minimum absolute atomic E-state index is 0.0141. The lowest BCUT2D eigenvalue weighted by atomic mass is 10.1. The maximum atomic E-state index is 12.2. The molecule has 2 N–H and O–H groups in total. The molecule has 1 aliphatic rings. The largest absolute Gasteiger partial charge is 0.401 e. The van der Waals surface area contributed by atoms with E-state index in [0.29, 0.717) is 19.4 Å². The van der Waals surface area contributed by atoms with E-state index in [4.69, 9.17) is 0 Å². The minimum atomic E-state index is -4.19. The summed E-state index contributed by atoms with van der Waals surface area (Å²) in [6.45, 7) is 5.25. The van der Waals surface area contributed by atoms with E-state index in [1.807, 2.05) is 6.92 Å². The third-order valence-corrected chi connectivity index (χ3v) is 3.29. The van der Waals surface area contributed by atoms with Gasteiger partial charge in [0.05, 0.1) is 6.54 Å². The van der Waals surface area contributed by atoms with E-state index in [2.05, 4.69) is 17.2 Å². The van der Waals surface area contributed by atoms with Gasteiger partial charge in [-0.3, -0.25) is 4.90 Å². The summed E-state index contributed by atoms with van der Waals surface area (Å²) >= 11 is 0. The second-order valence-electron chi connectivity index (χ2n) is 5.08. The standard InChI is InChI=1S/C13H22F3N3O/c1-3-5-10(4-2)17-12(20)18-11-6-7-19(8-11)9-13(14,15)16/h3,10-11H,1,4-9H2,2H3,(H2,17,18,20)/t10-,11+/m0/s1. The van der Waals surface area contributed by atoms with Gasteiger partial charge in [-0.1, -0.05) is 13.0 Å². The van der Waals surface area contributed by atoms with Crippen LogP contribution in [0.3, 0.4) is 0 Å². The first kappa shape index (κ1) is 16.8. The van der Waals surface area contributed by atoms with Crippen LogP contribution in [0.25, 0.3) is 0 Å². The second kappa shape index (κ2) is 7.52. The van der Waals surface area contributed by atoms with Crippen LogP contribution in [0.15, 0.2) is 12.7 Å². The molecular formula is C13H22F3N3O. The first-order valence-corrected chi connectivity index (χ1v) is 6.81. The smallest absolute Gasteiger partial charge is 0.335 e. The fraction of sp³-hybridized carbons (Fsp3) is 0.769. The maximum absolute atomic E-state index is 12.2. The maximum Gasteiger partial charge on any atom is 0.401 e. The van der Waals surface area contributed by atoms with Gasteiger partial charge in [0.1, 0.15) is 0 Å². The van der Waals surface area contributed by atoms with Crippen LogP contribution in [0.2, 0.25) is 0 Å². The number of likely N-dealkylation sites (tertiary alicyclic amines) is 1. The van der Waals surface area contributed by atoms with Crippen molar-refractivity contribution in [3.05, 3.63) is 12.7 Å². The van der Waals surface area contributed by atoms with Crippen LogP contribution in [0.5, 0.6) is 0 Å². The number of carbonyl (C=O) groups is 1. The van der Waals surface area contributed by atoms with Crippen molar-refractivity contribution < 1.29 is 18.0 Å². The molecule has 0 spiro atoms. The van der Waals surface area contributed by atoms with E-state index in [1.54, 1.807) is 6.08 Å². The van der Waals surface area contributed by atoms with Crippen LogP contribution >= 0.6 is 0 Å². The molecule has 0 bridgehead atoms. The normalized spacial score (nSPS) is 21.5. The zero-order valence-corrected chi connectivity index (χ0v) is 11.7. The number of hydrogen-bond donors (Lipinski definition) is 2. The molecule has 4 nitrogen and oxygen atoms in total. The lowest BCUT2D eigenvalue weighted by Crippen LogP contribution is -2.47. The molecule has 116 valence electrons. The van der Waals surface area contributed by atoms with Gasteiger partial charge in [-0.05, 0) is 19.3 Å². The highest BCUT2D eigenvalue weighted by Crippen LogP contribution is 2.19. The zero-order chi connectivity index (χ0) is 15.2. The predicted molar refractivity (Wildman–Crippen MR) is 71.5 cm³/mol. The Morgan fingerprint density at radius 1 is 1.55 bits per heavy atom. The van der Waals surface area contributed by atoms with Gasteiger partial charge in [0.15, 0.2) is 0 Å². The van der Waals surface area contributed by atoms with Gasteiger partial charge < -0.3 is 10.6 Å². The summed E-state index contributed by atoms with van der Waals surface area (Å²) in [7, 11) is 0. The summed E-state index contributed by atoms with van der Waals surface area (Å²) in [5, 5.41) is 5.52. The van der Waals surface area contributed by atoms with Crippen LogP contribution in [0.1, 0.15) is 26.2 Å². The van der Waals surface area contributed by atoms with Gasteiger partial charge >= 0.3 is 12.2 Å². The van der Waals surface area contributed by atoms with Crippen molar-refractivity contribution in [2.45, 2.75) is 44.4 Å². The van der Waals surface area contributed by atoms with Gasteiger partial charge in [-0.2, -0.15) is 13.2 Å². The highest BCUT2D eigenvalue weighted by molar-refractivity contribution is 5.74. The first-order chi connectivity index (χ1) is 9.34. The number of hydrogen-bond acceptors (Lipinski definition) is 2. The molecule has 7 heteroatoms. The predicted octanol–water partition coefficient (Wildman–Crippen LogP) is 2.28. The number of nitrogens with zero attached hydrogens (tertiary/aromatic N) is 1. The number of rotatable bonds is 6. The fourth-order valence-corrected chi connectivity index (χ4v) is 2.29. The van der Waals surface area contributed by atoms with Crippen LogP contribution in [-0.4, -0.2) is 48.8 Å². The van der Waals surface area contributed by atoms with Gasteiger partial charge in [-0.25, -0.2) is 4.79 Å². The van der Waals surface area contributed by atoms with E-state index < -0.39 is 12.7 Å². The van der Waals surface area contributed by atoms with Crippen molar-refractivity contribution in [2.75, 3.05) is 19.6 Å². The first-order valence-electron chi connectivity index (χ1n) is 6.81. The Labute approximate surface area is 117 Å². The third-order valence-electron chi connectivity index (χ3n) is 3.29. The number of alkyl halides is 3. The van der Waals surface area contributed by atoms with Gasteiger partial charge in [0.2, 0.25) is 0 Å². The molecule has 0 aromatic heterocycles. The molecule has 0 radical (unpaired) electrons. The molecule has 1 saturated heterocycles. The Bertz CT molecular complexity index is 333. The SMILES string of the molecule is C=CC[C@H](CC)NC(=O)N[C@@H]1CCN(CC(F)(F)F)C1. The Hall–Kier alpha value is -1.24. The molecule has 1 fully saturated rings. The molecule has 2 atom stereocenters. The Balaban J connectivity index is 2.32. The molecule has 0 aliphatic carbocycles. The Morgan fingerprint density at radius 3 is 2.80 bits per heavy atom. The Kier molecular flexibility index (Phi) is 6.32. The number of carbonyl (C=O) groups excluding carboxylic acids is 1. The molecular weight excluding hydrogens is 271 g/mol. The minimum Gasteiger partial charge on any atom is -0.335 e. The lowest BCUT2D eigenvalue weighted by molar-refractivity contribution is -0.143. The van der Waals surface area contributed by atoms with Crippen molar-refractivity contribution in [3.8, 4) is 0 Å². The van der Waals surface area contributed by atoms with Crippen molar-refractivity contribution in [3.63, 3.8) is 0 Å². The highest BCUT2D eigenvalue weighted by Gasteiger charge is 2.34. The summed E-state index contributed by atoms with van der Waals surface area (Å²) in [5.41, 5.74) is 0. The molecule has 1 heterocycles. The molecule has 2 amide bonds. The summed E-state index contributed by atoms with van der Waals surface area (Å²) < 4.78 is 36.7. The van der Waals surface area contributed by atoms with Gasteiger partial charge in [0.25, 0.3) is 0 Å². The van der Waals surface area contributed by atoms with Crippen LogP contribution < -0.4 is 10.6 Å². The summed E-state index contributed by atoms with van der Waals surface area (Å²) in [5.74, 6) is 0. The third kappa shape index (κ3) is 6.27. The van der Waals surface area contributed by atoms with E-state index in [0.717, 1.165) is 6.42 Å². The fourth-order valence-electron chi connectivity index (χ4n) is 2.29. The molecule has 1 rings (SSSR count). The van der Waals surface area contributed by atoms with Gasteiger partial charge in [0, 0.05) is 25.2 Å². The molecule has 0 aromatic carbocycles. The average molecular weight is 293 g/mol. The number of nitrogens with one attached hydrogen (secondary N) is 2. The van der Waals surface area contributed by atoms with Crippen molar-refractivity contribution in [1.82, 2.24) is 15.5 Å². The molecule has 0 aromatic rings. The quantitative estimate of drug-likeness (QED) is 0.738. The Morgan fingerprint density at radius 2 is 2.25 bits per heavy atom.